The Hall–Kier alpha value is 0.190. The highest BCUT2D eigenvalue weighted by Gasteiger charge is 2.32. The maximum absolute atomic E-state index is 5.91. The van der Waals surface area contributed by atoms with E-state index in [9.17, 15) is 0 Å². The van der Waals surface area contributed by atoms with Crippen molar-refractivity contribution in [2.45, 2.75) is 25.5 Å². The summed E-state index contributed by atoms with van der Waals surface area (Å²) in [4.78, 5) is 2.55. The third-order valence-corrected chi connectivity index (χ3v) is 5.80. The lowest BCUT2D eigenvalue weighted by molar-refractivity contribution is -0.0752. The second kappa shape index (κ2) is 7.27. The average molecular weight is 285 g/mol. The van der Waals surface area contributed by atoms with Crippen LogP contribution in [0.2, 0.25) is 0 Å². The van der Waals surface area contributed by atoms with Crippen molar-refractivity contribution in [3.8, 4) is 0 Å². The largest absolute Gasteiger partial charge is 0.360 e. The van der Waals surface area contributed by atoms with Gasteiger partial charge in [-0.3, -0.25) is 4.90 Å². The molecule has 3 aliphatic heterocycles. The van der Waals surface area contributed by atoms with Crippen LogP contribution in [0.25, 0.3) is 0 Å². The van der Waals surface area contributed by atoms with Crippen LogP contribution in [0, 0.1) is 11.8 Å². The molecule has 3 unspecified atom stereocenters. The number of morpholine rings is 1. The Balaban J connectivity index is 1.54. The van der Waals surface area contributed by atoms with Crippen LogP contribution >= 0.6 is 11.8 Å². The minimum atomic E-state index is 0.308. The van der Waals surface area contributed by atoms with Crippen molar-refractivity contribution in [3.63, 3.8) is 0 Å². The molecule has 0 bridgehead atoms. The Kier molecular flexibility index (Phi) is 5.41. The first-order valence-corrected chi connectivity index (χ1v) is 8.94. The van der Waals surface area contributed by atoms with Gasteiger partial charge in [0.05, 0.1) is 6.61 Å². The smallest absolute Gasteiger partial charge is 0.123 e. The monoisotopic (exact) mass is 285 g/mol. The molecule has 3 saturated heterocycles. The summed E-state index contributed by atoms with van der Waals surface area (Å²) in [6, 6.07) is 0. The van der Waals surface area contributed by atoms with E-state index >= 15 is 0 Å². The summed E-state index contributed by atoms with van der Waals surface area (Å²) in [5.41, 5.74) is 0. The lowest BCUT2D eigenvalue weighted by Gasteiger charge is -2.41. The minimum absolute atomic E-state index is 0.308. The van der Waals surface area contributed by atoms with Crippen LogP contribution in [0.5, 0.6) is 0 Å². The van der Waals surface area contributed by atoms with Gasteiger partial charge in [-0.05, 0) is 43.5 Å². The van der Waals surface area contributed by atoms with Crippen molar-refractivity contribution in [1.82, 2.24) is 15.5 Å². The molecule has 0 aromatic rings. The zero-order chi connectivity index (χ0) is 12.9. The summed E-state index contributed by atoms with van der Waals surface area (Å²) in [5.74, 6) is 4.19. The zero-order valence-corrected chi connectivity index (χ0v) is 12.6. The number of hydrogen-bond acceptors (Lipinski definition) is 5. The first-order valence-electron chi connectivity index (χ1n) is 7.78. The van der Waals surface area contributed by atoms with Crippen molar-refractivity contribution in [2.75, 3.05) is 51.0 Å². The molecule has 110 valence electrons. The van der Waals surface area contributed by atoms with Gasteiger partial charge in [0.2, 0.25) is 0 Å². The van der Waals surface area contributed by atoms with Crippen molar-refractivity contribution in [3.05, 3.63) is 0 Å². The lowest BCUT2D eigenvalue weighted by Crippen LogP contribution is -2.53. The molecule has 0 aromatic heterocycles. The van der Waals surface area contributed by atoms with Crippen molar-refractivity contribution >= 4 is 11.8 Å². The van der Waals surface area contributed by atoms with E-state index in [1.807, 2.05) is 0 Å². The van der Waals surface area contributed by atoms with Gasteiger partial charge in [-0.1, -0.05) is 6.42 Å². The van der Waals surface area contributed by atoms with Crippen LogP contribution < -0.4 is 10.6 Å². The van der Waals surface area contributed by atoms with Crippen molar-refractivity contribution < 1.29 is 4.74 Å². The number of nitrogens with zero attached hydrogens (tertiary/aromatic N) is 1. The Morgan fingerprint density at radius 1 is 1.05 bits per heavy atom. The van der Waals surface area contributed by atoms with Gasteiger partial charge in [-0.15, -0.1) is 11.8 Å². The number of hydrogen-bond donors (Lipinski definition) is 2. The van der Waals surface area contributed by atoms with Crippen LogP contribution in [0.15, 0.2) is 0 Å². The Morgan fingerprint density at radius 3 is 2.89 bits per heavy atom. The van der Waals surface area contributed by atoms with E-state index < -0.39 is 0 Å². The summed E-state index contributed by atoms with van der Waals surface area (Å²) in [5, 5.41) is 7.07. The fourth-order valence-corrected chi connectivity index (χ4v) is 4.74. The molecular weight excluding hydrogens is 258 g/mol. The van der Waals surface area contributed by atoms with E-state index in [2.05, 4.69) is 27.3 Å². The summed E-state index contributed by atoms with van der Waals surface area (Å²) < 4.78 is 5.91. The van der Waals surface area contributed by atoms with E-state index in [1.54, 1.807) is 0 Å². The lowest BCUT2D eigenvalue weighted by atomic mass is 9.89. The number of rotatable bonds is 2. The molecule has 0 saturated carbocycles. The molecule has 3 fully saturated rings. The third kappa shape index (κ3) is 3.85. The van der Waals surface area contributed by atoms with E-state index in [-0.39, 0.29) is 0 Å². The quantitative estimate of drug-likeness (QED) is 0.790. The highest BCUT2D eigenvalue weighted by Crippen LogP contribution is 2.30. The van der Waals surface area contributed by atoms with Crippen LogP contribution in [-0.4, -0.2) is 62.1 Å². The van der Waals surface area contributed by atoms with Crippen LogP contribution in [0.1, 0.15) is 19.3 Å². The van der Waals surface area contributed by atoms with Crippen molar-refractivity contribution in [1.29, 1.82) is 0 Å². The van der Waals surface area contributed by atoms with E-state index in [4.69, 9.17) is 4.74 Å². The highest BCUT2D eigenvalue weighted by atomic mass is 32.2. The van der Waals surface area contributed by atoms with Gasteiger partial charge in [0.25, 0.3) is 0 Å². The van der Waals surface area contributed by atoms with Crippen LogP contribution in [-0.2, 0) is 4.74 Å². The first-order chi connectivity index (χ1) is 9.43. The maximum Gasteiger partial charge on any atom is 0.123 e. The van der Waals surface area contributed by atoms with Gasteiger partial charge in [-0.2, -0.15) is 0 Å². The molecule has 3 aliphatic rings. The minimum Gasteiger partial charge on any atom is -0.360 e. The van der Waals surface area contributed by atoms with Gasteiger partial charge < -0.3 is 15.4 Å². The average Bonchev–Trinajstić information content (AvgIpc) is 2.77. The second-order valence-corrected chi connectivity index (χ2v) is 7.02. The number of thioether (sulfide) groups is 1. The molecular formula is C14H27N3OS. The number of ether oxygens (including phenoxy) is 1. The Bertz CT molecular complexity index is 265. The fourth-order valence-electron chi connectivity index (χ4n) is 3.45. The highest BCUT2D eigenvalue weighted by molar-refractivity contribution is 7.99. The van der Waals surface area contributed by atoms with E-state index in [1.165, 1.54) is 44.6 Å². The summed E-state index contributed by atoms with van der Waals surface area (Å²) >= 11 is 2.10. The van der Waals surface area contributed by atoms with Crippen molar-refractivity contribution in [2.24, 2.45) is 11.8 Å². The molecule has 2 N–H and O–H groups in total. The van der Waals surface area contributed by atoms with Gasteiger partial charge >= 0.3 is 0 Å². The second-order valence-electron chi connectivity index (χ2n) is 6.02. The van der Waals surface area contributed by atoms with Gasteiger partial charge in [0.15, 0.2) is 0 Å². The fraction of sp³-hybridized carbons (Fsp3) is 1.00. The predicted octanol–water partition coefficient (Wildman–Crippen LogP) is 0.945. The van der Waals surface area contributed by atoms with Gasteiger partial charge in [0, 0.05) is 25.5 Å². The normalized spacial score (nSPS) is 38.8. The maximum atomic E-state index is 5.91. The number of nitrogens with one attached hydrogen (secondary N) is 2. The third-order valence-electron chi connectivity index (χ3n) is 4.63. The standard InChI is InChI=1S/C14H27N3OS/c1-2-4-15-7-12(3-1)13-9-17(11-19-10-13)14-8-16-5-6-18-14/h12-16H,1-11H2. The van der Waals surface area contributed by atoms with Crippen LogP contribution in [0.4, 0.5) is 0 Å². The summed E-state index contributed by atoms with van der Waals surface area (Å²) in [6.45, 7) is 6.54. The molecule has 3 heterocycles. The Labute approximate surface area is 121 Å². The first kappa shape index (κ1) is 14.1. The van der Waals surface area contributed by atoms with E-state index in [0.717, 1.165) is 37.4 Å². The molecule has 0 radical (unpaired) electrons. The molecule has 0 aliphatic carbocycles. The molecule has 0 spiro atoms. The molecule has 4 nitrogen and oxygen atoms in total. The SMILES string of the molecule is C1CCC(C2CSCN(C3CNCCO3)C2)CNC1. The van der Waals surface area contributed by atoms with Gasteiger partial charge in [-0.25, -0.2) is 0 Å². The van der Waals surface area contributed by atoms with E-state index in [0.29, 0.717) is 6.23 Å². The summed E-state index contributed by atoms with van der Waals surface area (Å²) in [7, 11) is 0. The molecule has 3 rings (SSSR count). The molecule has 3 atom stereocenters. The molecule has 19 heavy (non-hydrogen) atoms. The summed E-state index contributed by atoms with van der Waals surface area (Å²) in [6.07, 6.45) is 4.48. The molecule has 0 aromatic carbocycles. The molecule has 0 amide bonds. The van der Waals surface area contributed by atoms with Crippen LogP contribution in [0.3, 0.4) is 0 Å². The Morgan fingerprint density at radius 2 is 2.00 bits per heavy atom. The molecule has 5 heteroatoms. The zero-order valence-electron chi connectivity index (χ0n) is 11.8. The predicted molar refractivity (Wildman–Crippen MR) is 80.3 cm³/mol. The topological polar surface area (TPSA) is 36.5 Å². The van der Waals surface area contributed by atoms with Gasteiger partial charge in [0.1, 0.15) is 6.23 Å².